The Morgan fingerprint density at radius 3 is 2.69 bits per heavy atom. The molecule has 172 valence electrons. The molecule has 0 saturated heterocycles. The minimum atomic E-state index is -0.121. The van der Waals surface area contributed by atoms with Crippen molar-refractivity contribution in [3.05, 3.63) is 32.2 Å². The Balaban J connectivity index is 1.62. The summed E-state index contributed by atoms with van der Waals surface area (Å²) in [6.07, 6.45) is 5.21. The van der Waals surface area contributed by atoms with Crippen molar-refractivity contribution in [2.45, 2.75) is 71.5 Å². The van der Waals surface area contributed by atoms with E-state index in [2.05, 4.69) is 24.3 Å². The maximum Gasteiger partial charge on any atom is 0.263 e. The number of rotatable bonds is 7. The molecule has 1 N–H and O–H groups in total. The van der Waals surface area contributed by atoms with Gasteiger partial charge in [-0.3, -0.25) is 18.8 Å². The summed E-state index contributed by atoms with van der Waals surface area (Å²) in [5.74, 6) is 0.550. The zero-order valence-electron chi connectivity index (χ0n) is 19.4. The number of carbonyl (C=O) groups excluding carboxylic acids is 1. The molecule has 7 nitrogen and oxygen atoms in total. The number of nitrogens with zero attached hydrogens (tertiary/aromatic N) is 4. The van der Waals surface area contributed by atoms with Gasteiger partial charge in [-0.15, -0.1) is 11.3 Å². The fourth-order valence-electron chi connectivity index (χ4n) is 4.17. The number of thioether (sulfide) groups is 1. The Morgan fingerprint density at radius 1 is 1.25 bits per heavy atom. The third-order valence-electron chi connectivity index (χ3n) is 6.08. The molecular formula is C23H31N5O2S2. The van der Waals surface area contributed by atoms with Crippen molar-refractivity contribution in [2.24, 2.45) is 13.0 Å². The van der Waals surface area contributed by atoms with Gasteiger partial charge in [-0.1, -0.05) is 25.6 Å². The normalized spacial score (nSPS) is 13.7. The van der Waals surface area contributed by atoms with Gasteiger partial charge in [0.15, 0.2) is 5.16 Å². The van der Waals surface area contributed by atoms with Gasteiger partial charge < -0.3 is 5.32 Å². The summed E-state index contributed by atoms with van der Waals surface area (Å²) in [5, 5.41) is 8.77. The summed E-state index contributed by atoms with van der Waals surface area (Å²) in [7, 11) is 1.86. The molecule has 0 aromatic carbocycles. The second-order valence-corrected chi connectivity index (χ2v) is 11.0. The van der Waals surface area contributed by atoms with E-state index in [0.717, 1.165) is 53.0 Å². The first kappa shape index (κ1) is 23.0. The zero-order chi connectivity index (χ0) is 23.0. The number of hydrogen-bond acceptors (Lipinski definition) is 6. The third kappa shape index (κ3) is 4.50. The molecule has 1 aliphatic carbocycles. The monoisotopic (exact) mass is 473 g/mol. The van der Waals surface area contributed by atoms with Crippen LogP contribution in [0.25, 0.3) is 10.2 Å². The quantitative estimate of drug-likeness (QED) is 0.405. The fourth-order valence-corrected chi connectivity index (χ4v) is 6.30. The fraction of sp³-hybridized carbons (Fsp3) is 0.565. The Morgan fingerprint density at radius 2 is 2.00 bits per heavy atom. The number of aryl methyl sites for hydroxylation is 4. The Bertz CT molecular complexity index is 1220. The van der Waals surface area contributed by atoms with Gasteiger partial charge in [0.25, 0.3) is 5.56 Å². The van der Waals surface area contributed by atoms with Crippen LogP contribution in [-0.4, -0.2) is 31.0 Å². The number of anilines is 1. The van der Waals surface area contributed by atoms with E-state index in [1.54, 1.807) is 20.6 Å². The number of thiophene rings is 1. The van der Waals surface area contributed by atoms with Crippen LogP contribution in [0.4, 0.5) is 5.69 Å². The average molecular weight is 474 g/mol. The second kappa shape index (κ2) is 9.39. The predicted octanol–water partition coefficient (Wildman–Crippen LogP) is 4.46. The highest BCUT2D eigenvalue weighted by molar-refractivity contribution is 7.99. The van der Waals surface area contributed by atoms with Crippen molar-refractivity contribution >= 4 is 44.9 Å². The lowest BCUT2D eigenvalue weighted by Gasteiger charge is -2.14. The van der Waals surface area contributed by atoms with Crippen LogP contribution in [0.1, 0.15) is 54.9 Å². The van der Waals surface area contributed by atoms with Crippen molar-refractivity contribution in [3.8, 4) is 0 Å². The minimum absolute atomic E-state index is 0.0527. The van der Waals surface area contributed by atoms with E-state index in [1.807, 2.05) is 20.9 Å². The molecule has 0 spiro atoms. The number of aromatic nitrogens is 4. The molecule has 3 aromatic heterocycles. The van der Waals surface area contributed by atoms with Gasteiger partial charge in [-0.2, -0.15) is 5.10 Å². The molecular weight excluding hydrogens is 442 g/mol. The first-order valence-electron chi connectivity index (χ1n) is 11.2. The summed E-state index contributed by atoms with van der Waals surface area (Å²) >= 11 is 2.99. The lowest BCUT2D eigenvalue weighted by Crippen LogP contribution is -2.25. The summed E-state index contributed by atoms with van der Waals surface area (Å²) in [6, 6.07) is 0. The van der Waals surface area contributed by atoms with Crippen LogP contribution in [0.2, 0.25) is 0 Å². The van der Waals surface area contributed by atoms with E-state index >= 15 is 0 Å². The van der Waals surface area contributed by atoms with E-state index in [1.165, 1.54) is 28.6 Å². The van der Waals surface area contributed by atoms with E-state index < -0.39 is 0 Å². The maximum absolute atomic E-state index is 13.5. The number of fused-ring (bicyclic) bond motifs is 3. The lowest BCUT2D eigenvalue weighted by molar-refractivity contribution is -0.113. The van der Waals surface area contributed by atoms with Gasteiger partial charge >= 0.3 is 0 Å². The molecule has 1 aliphatic rings. The van der Waals surface area contributed by atoms with Crippen LogP contribution in [0, 0.1) is 19.8 Å². The molecule has 3 aromatic rings. The minimum Gasteiger partial charge on any atom is -0.322 e. The number of hydrogen-bond donors (Lipinski definition) is 1. The topological polar surface area (TPSA) is 81.8 Å². The van der Waals surface area contributed by atoms with Gasteiger partial charge in [0.2, 0.25) is 5.91 Å². The van der Waals surface area contributed by atoms with Crippen LogP contribution in [0.5, 0.6) is 0 Å². The molecule has 3 heterocycles. The van der Waals surface area contributed by atoms with E-state index in [4.69, 9.17) is 4.98 Å². The number of amides is 1. The van der Waals surface area contributed by atoms with Crippen molar-refractivity contribution in [3.63, 3.8) is 0 Å². The smallest absolute Gasteiger partial charge is 0.263 e. The molecule has 0 radical (unpaired) electrons. The number of nitrogens with one attached hydrogen (secondary N) is 1. The highest BCUT2D eigenvalue weighted by Gasteiger charge is 2.23. The molecule has 0 aliphatic heterocycles. The Hall–Kier alpha value is -2.13. The van der Waals surface area contributed by atoms with Crippen LogP contribution in [0.3, 0.4) is 0 Å². The van der Waals surface area contributed by atoms with Gasteiger partial charge in [0.1, 0.15) is 4.83 Å². The maximum atomic E-state index is 13.5. The molecule has 0 unspecified atom stereocenters. The molecule has 32 heavy (non-hydrogen) atoms. The SMILES string of the molecule is Cc1nn(C)c(C)c1NC(=O)CSc1nc2sc3c(c2c(=O)n1CCC(C)C)CCCC3. The molecule has 9 heteroatoms. The third-order valence-corrected chi connectivity index (χ3v) is 8.24. The molecule has 0 bridgehead atoms. The first-order valence-corrected chi connectivity index (χ1v) is 13.0. The van der Waals surface area contributed by atoms with Gasteiger partial charge in [-0.05, 0) is 57.4 Å². The van der Waals surface area contributed by atoms with Gasteiger partial charge in [-0.25, -0.2) is 4.98 Å². The zero-order valence-corrected chi connectivity index (χ0v) is 21.1. The first-order chi connectivity index (χ1) is 15.3. The van der Waals surface area contributed by atoms with Crippen LogP contribution < -0.4 is 10.9 Å². The van der Waals surface area contributed by atoms with Crippen LogP contribution in [0.15, 0.2) is 9.95 Å². The van der Waals surface area contributed by atoms with E-state index in [0.29, 0.717) is 17.6 Å². The lowest BCUT2D eigenvalue weighted by atomic mass is 9.97. The Labute approximate surface area is 196 Å². The largest absolute Gasteiger partial charge is 0.322 e. The standard InChI is InChI=1S/C23H31N5O2S2/c1-13(2)10-11-28-22(30)19-16-8-6-7-9-17(16)32-21(19)25-23(28)31-12-18(29)24-20-14(3)26-27(5)15(20)4/h13H,6-12H2,1-5H3,(H,24,29). The highest BCUT2D eigenvalue weighted by atomic mass is 32.2. The predicted molar refractivity (Wildman–Crippen MR) is 132 cm³/mol. The number of carbonyl (C=O) groups is 1. The summed E-state index contributed by atoms with van der Waals surface area (Å²) in [5.41, 5.74) is 3.73. The van der Waals surface area contributed by atoms with Crippen LogP contribution in [-0.2, 0) is 31.2 Å². The molecule has 4 rings (SSSR count). The van der Waals surface area contributed by atoms with Gasteiger partial charge in [0, 0.05) is 18.5 Å². The van der Waals surface area contributed by atoms with E-state index in [9.17, 15) is 9.59 Å². The molecule has 1 amide bonds. The van der Waals surface area contributed by atoms with Crippen molar-refractivity contribution in [2.75, 3.05) is 11.1 Å². The molecule has 0 atom stereocenters. The van der Waals surface area contributed by atoms with Gasteiger partial charge in [0.05, 0.1) is 28.2 Å². The summed E-state index contributed by atoms with van der Waals surface area (Å²) < 4.78 is 3.55. The average Bonchev–Trinajstić information content (AvgIpc) is 3.23. The second-order valence-electron chi connectivity index (χ2n) is 8.93. The van der Waals surface area contributed by atoms with E-state index in [-0.39, 0.29) is 17.2 Å². The van der Waals surface area contributed by atoms with Crippen molar-refractivity contribution in [1.29, 1.82) is 0 Å². The van der Waals surface area contributed by atoms with Crippen molar-refractivity contribution in [1.82, 2.24) is 19.3 Å². The molecule has 0 saturated carbocycles. The Kier molecular flexibility index (Phi) is 6.76. The highest BCUT2D eigenvalue weighted by Crippen LogP contribution is 2.35. The van der Waals surface area contributed by atoms with Crippen molar-refractivity contribution < 1.29 is 4.79 Å². The summed E-state index contributed by atoms with van der Waals surface area (Å²) in [4.78, 5) is 33.3. The van der Waals surface area contributed by atoms with Crippen LogP contribution >= 0.6 is 23.1 Å². The molecule has 0 fully saturated rings. The summed E-state index contributed by atoms with van der Waals surface area (Å²) in [6.45, 7) is 8.74.